The fourth-order valence-electron chi connectivity index (χ4n) is 1.37. The molecule has 0 saturated heterocycles. The predicted octanol–water partition coefficient (Wildman–Crippen LogP) is 2.97. The van der Waals surface area contributed by atoms with Gasteiger partial charge in [-0.2, -0.15) is 4.31 Å². The molecule has 19 heavy (non-hydrogen) atoms. The Labute approximate surface area is 121 Å². The van der Waals surface area contributed by atoms with Crippen molar-refractivity contribution in [2.75, 3.05) is 7.05 Å². The van der Waals surface area contributed by atoms with Crippen molar-refractivity contribution in [3.05, 3.63) is 20.5 Å². The Morgan fingerprint density at radius 3 is 2.32 bits per heavy atom. The zero-order valence-corrected chi connectivity index (χ0v) is 13.3. The maximum atomic E-state index is 12.3. The molecule has 0 aromatic carbocycles. The van der Waals surface area contributed by atoms with Crippen LogP contribution in [0.4, 0.5) is 5.69 Å². The van der Waals surface area contributed by atoms with E-state index in [2.05, 4.69) is 0 Å². The van der Waals surface area contributed by atoms with Crippen LogP contribution in [0.15, 0.2) is 10.3 Å². The summed E-state index contributed by atoms with van der Waals surface area (Å²) in [5, 5.41) is 10.7. The predicted molar refractivity (Wildman–Crippen MR) is 75.2 cm³/mol. The van der Waals surface area contributed by atoms with Crippen LogP contribution in [-0.2, 0) is 10.0 Å². The van der Waals surface area contributed by atoms with Crippen LogP contribution < -0.4 is 0 Å². The maximum Gasteiger partial charge on any atom is 0.300 e. The molecular formula is C10H15ClN2O4S2. The molecule has 0 fully saturated rings. The van der Waals surface area contributed by atoms with Gasteiger partial charge in [-0.3, -0.25) is 10.1 Å². The summed E-state index contributed by atoms with van der Waals surface area (Å²) < 4.78 is 25.6. The van der Waals surface area contributed by atoms with Crippen molar-refractivity contribution in [2.45, 2.75) is 31.0 Å². The van der Waals surface area contributed by atoms with Crippen molar-refractivity contribution in [3.63, 3.8) is 0 Å². The molecule has 0 aliphatic carbocycles. The van der Waals surface area contributed by atoms with Crippen LogP contribution in [-0.4, -0.2) is 30.7 Å². The monoisotopic (exact) mass is 326 g/mol. The van der Waals surface area contributed by atoms with Crippen molar-refractivity contribution < 1.29 is 13.3 Å². The fourth-order valence-corrected chi connectivity index (χ4v) is 4.72. The molecule has 0 N–H and O–H groups in total. The van der Waals surface area contributed by atoms with Gasteiger partial charge in [0.05, 0.1) is 4.92 Å². The van der Waals surface area contributed by atoms with Crippen LogP contribution in [0.3, 0.4) is 0 Å². The van der Waals surface area contributed by atoms with Gasteiger partial charge in [0.1, 0.15) is 4.21 Å². The minimum atomic E-state index is -3.76. The standard InChI is InChI=1S/C10H15ClN2O4S2/c1-6(2)7(3)12(4)19(16,17)9-5-8(13(14)15)10(11)18-9/h5-7H,1-4H3. The normalized spacial score (nSPS) is 14.1. The second kappa shape index (κ2) is 5.74. The van der Waals surface area contributed by atoms with E-state index < -0.39 is 14.9 Å². The van der Waals surface area contributed by atoms with E-state index in [9.17, 15) is 18.5 Å². The number of hydrogen-bond donors (Lipinski definition) is 0. The summed E-state index contributed by atoms with van der Waals surface area (Å²) in [7, 11) is -2.30. The Morgan fingerprint density at radius 1 is 1.42 bits per heavy atom. The van der Waals surface area contributed by atoms with Gasteiger partial charge in [0.25, 0.3) is 15.7 Å². The van der Waals surface area contributed by atoms with E-state index in [1.165, 1.54) is 11.4 Å². The Morgan fingerprint density at radius 2 is 1.95 bits per heavy atom. The zero-order valence-electron chi connectivity index (χ0n) is 11.0. The lowest BCUT2D eigenvalue weighted by Crippen LogP contribution is -2.37. The van der Waals surface area contributed by atoms with Crippen molar-refractivity contribution in [1.82, 2.24) is 4.31 Å². The third kappa shape index (κ3) is 3.25. The van der Waals surface area contributed by atoms with Gasteiger partial charge in [0.2, 0.25) is 0 Å². The lowest BCUT2D eigenvalue weighted by molar-refractivity contribution is -0.384. The second-order valence-electron chi connectivity index (χ2n) is 4.49. The summed E-state index contributed by atoms with van der Waals surface area (Å²) in [6.45, 7) is 5.59. The lowest BCUT2D eigenvalue weighted by Gasteiger charge is -2.26. The largest absolute Gasteiger partial charge is 0.300 e. The molecule has 1 aromatic rings. The summed E-state index contributed by atoms with van der Waals surface area (Å²) in [6, 6.07) is 0.788. The van der Waals surface area contributed by atoms with Crippen molar-refractivity contribution in [1.29, 1.82) is 0 Å². The van der Waals surface area contributed by atoms with E-state index in [1.807, 2.05) is 13.8 Å². The zero-order chi connectivity index (χ0) is 15.0. The molecule has 1 aromatic heterocycles. The summed E-state index contributed by atoms with van der Waals surface area (Å²) in [5.74, 6) is 0.130. The molecule has 9 heteroatoms. The second-order valence-corrected chi connectivity index (χ2v) is 8.37. The first-order chi connectivity index (χ1) is 8.59. The molecule has 1 atom stereocenters. The minimum absolute atomic E-state index is 0.112. The van der Waals surface area contributed by atoms with Gasteiger partial charge in [-0.25, -0.2) is 8.42 Å². The minimum Gasteiger partial charge on any atom is -0.258 e. The van der Waals surface area contributed by atoms with E-state index in [-0.39, 0.29) is 26.2 Å². The highest BCUT2D eigenvalue weighted by Crippen LogP contribution is 2.37. The topological polar surface area (TPSA) is 80.5 Å². The molecule has 1 unspecified atom stereocenters. The Bertz CT molecular complexity index is 582. The summed E-state index contributed by atoms with van der Waals surface area (Å²) in [6.07, 6.45) is 0. The Kier molecular flexibility index (Phi) is 4.94. The number of sulfonamides is 1. The van der Waals surface area contributed by atoms with Gasteiger partial charge in [-0.1, -0.05) is 25.4 Å². The van der Waals surface area contributed by atoms with Crippen molar-refractivity contribution >= 4 is 38.6 Å². The lowest BCUT2D eigenvalue weighted by atomic mass is 10.1. The number of rotatable bonds is 5. The fraction of sp³-hybridized carbons (Fsp3) is 0.600. The Balaban J connectivity index is 3.21. The van der Waals surface area contributed by atoms with Crippen molar-refractivity contribution in [2.24, 2.45) is 5.92 Å². The van der Waals surface area contributed by atoms with Crippen LogP contribution in [0.25, 0.3) is 0 Å². The highest BCUT2D eigenvalue weighted by molar-refractivity contribution is 7.91. The number of nitrogens with zero attached hydrogens (tertiary/aromatic N) is 2. The summed E-state index contributed by atoms with van der Waals surface area (Å²) in [4.78, 5) is 10.0. The van der Waals surface area contributed by atoms with Crippen LogP contribution in [0.5, 0.6) is 0 Å². The molecule has 108 valence electrons. The van der Waals surface area contributed by atoms with E-state index in [0.29, 0.717) is 11.3 Å². The van der Waals surface area contributed by atoms with Gasteiger partial charge in [0, 0.05) is 19.2 Å². The van der Waals surface area contributed by atoms with Crippen LogP contribution in [0.2, 0.25) is 4.34 Å². The highest BCUT2D eigenvalue weighted by atomic mass is 35.5. The van der Waals surface area contributed by atoms with Crippen LogP contribution >= 0.6 is 22.9 Å². The number of halogens is 1. The molecule has 0 bridgehead atoms. The molecule has 0 amide bonds. The average Bonchev–Trinajstić information content (AvgIpc) is 2.69. The van der Waals surface area contributed by atoms with Gasteiger partial charge in [0.15, 0.2) is 4.34 Å². The third-order valence-electron chi connectivity index (χ3n) is 3.01. The van der Waals surface area contributed by atoms with Gasteiger partial charge in [-0.15, -0.1) is 11.3 Å². The molecule has 0 spiro atoms. The first-order valence-electron chi connectivity index (χ1n) is 5.50. The van der Waals surface area contributed by atoms with Crippen LogP contribution in [0.1, 0.15) is 20.8 Å². The SMILES string of the molecule is CC(C)C(C)N(C)S(=O)(=O)c1cc([N+](=O)[O-])c(Cl)s1. The highest BCUT2D eigenvalue weighted by Gasteiger charge is 2.31. The van der Waals surface area contributed by atoms with E-state index >= 15 is 0 Å². The summed E-state index contributed by atoms with van der Waals surface area (Å²) in [5.41, 5.74) is -0.379. The number of hydrogen-bond acceptors (Lipinski definition) is 5. The first kappa shape index (κ1) is 16.4. The molecular weight excluding hydrogens is 312 g/mol. The molecule has 1 heterocycles. The first-order valence-corrected chi connectivity index (χ1v) is 8.14. The number of thiophene rings is 1. The quantitative estimate of drug-likeness (QED) is 0.615. The number of nitro groups is 1. The molecule has 6 nitrogen and oxygen atoms in total. The van der Waals surface area contributed by atoms with E-state index in [4.69, 9.17) is 11.6 Å². The van der Waals surface area contributed by atoms with Crippen LogP contribution in [0, 0.1) is 16.0 Å². The van der Waals surface area contributed by atoms with Gasteiger partial charge in [-0.05, 0) is 12.8 Å². The molecule has 0 aliphatic heterocycles. The molecule has 0 radical (unpaired) electrons. The van der Waals surface area contributed by atoms with Gasteiger partial charge < -0.3 is 0 Å². The van der Waals surface area contributed by atoms with Gasteiger partial charge >= 0.3 is 0 Å². The molecule has 0 aliphatic rings. The molecule has 1 rings (SSSR count). The maximum absolute atomic E-state index is 12.3. The summed E-state index contributed by atoms with van der Waals surface area (Å²) >= 11 is 6.39. The van der Waals surface area contributed by atoms with Crippen molar-refractivity contribution in [3.8, 4) is 0 Å². The van der Waals surface area contributed by atoms with E-state index in [1.54, 1.807) is 6.92 Å². The molecule has 0 saturated carbocycles. The third-order valence-corrected chi connectivity index (χ3v) is 6.75. The average molecular weight is 327 g/mol. The smallest absolute Gasteiger partial charge is 0.258 e. The van der Waals surface area contributed by atoms with E-state index in [0.717, 1.165) is 6.07 Å². The Hall–Kier alpha value is -0.700.